The number of aromatic nitrogens is 1. The number of carbonyl (C=O) groups excluding carboxylic acids is 2. The highest BCUT2D eigenvalue weighted by Gasteiger charge is 2.73. The fourth-order valence-electron chi connectivity index (χ4n) is 6.19. The number of ether oxygens (including phenoxy) is 1. The Kier molecular flexibility index (Phi) is 6.08. The average molecular weight is 546 g/mol. The molecule has 13 heteroatoms. The van der Waals surface area contributed by atoms with E-state index in [1.807, 2.05) is 0 Å². The lowest BCUT2D eigenvalue weighted by Crippen LogP contribution is -2.77. The predicted octanol–water partition coefficient (Wildman–Crippen LogP) is 2.48. The summed E-state index contributed by atoms with van der Waals surface area (Å²) in [6, 6.07) is 2.95. The molecule has 2 aromatic rings. The maximum atomic E-state index is 14.0. The number of nitrogens with zero attached hydrogens (tertiary/aromatic N) is 2. The molecule has 200 valence electrons. The first-order valence-corrected chi connectivity index (χ1v) is 12.7. The van der Waals surface area contributed by atoms with Crippen molar-refractivity contribution in [1.29, 1.82) is 10.8 Å². The van der Waals surface area contributed by atoms with Crippen LogP contribution in [0.15, 0.2) is 29.2 Å². The zero-order valence-electron chi connectivity index (χ0n) is 20.6. The summed E-state index contributed by atoms with van der Waals surface area (Å²) in [6.07, 6.45) is 3.37. The number of methoxy groups -OCH3 is 1. The van der Waals surface area contributed by atoms with Gasteiger partial charge in [0, 0.05) is 25.7 Å². The Labute approximate surface area is 220 Å². The highest BCUT2D eigenvalue weighted by Crippen LogP contribution is 2.64. The maximum absolute atomic E-state index is 14.0. The lowest BCUT2D eigenvalue weighted by atomic mass is 9.57. The van der Waals surface area contributed by atoms with Crippen LogP contribution in [0.5, 0.6) is 5.75 Å². The van der Waals surface area contributed by atoms with Crippen molar-refractivity contribution in [3.63, 3.8) is 0 Å². The zero-order valence-corrected chi connectivity index (χ0v) is 21.4. The highest BCUT2D eigenvalue weighted by atomic mass is 32.2. The Morgan fingerprint density at radius 3 is 2.61 bits per heavy atom. The molecular weight excluding hydrogens is 520 g/mol. The van der Waals surface area contributed by atoms with Crippen LogP contribution in [-0.2, 0) is 16.0 Å². The number of nitrogens with one attached hydrogen (secondary N) is 3. The van der Waals surface area contributed by atoms with Gasteiger partial charge >= 0.3 is 5.97 Å². The number of thioether (sulfide) groups is 1. The summed E-state index contributed by atoms with van der Waals surface area (Å²) in [4.78, 5) is 39.2. The first-order chi connectivity index (χ1) is 18.0. The minimum atomic E-state index is -1.17. The van der Waals surface area contributed by atoms with E-state index in [0.717, 1.165) is 12.5 Å². The molecule has 4 N–H and O–H groups in total. The van der Waals surface area contributed by atoms with Crippen LogP contribution in [0.3, 0.4) is 0 Å². The summed E-state index contributed by atoms with van der Waals surface area (Å²) in [6.45, 7) is 0. The fourth-order valence-corrected chi connectivity index (χ4v) is 6.92. The minimum Gasteiger partial charge on any atom is -0.502 e. The minimum absolute atomic E-state index is 0.00659. The predicted molar refractivity (Wildman–Crippen MR) is 135 cm³/mol. The number of hydrogen-bond donors (Lipinski definition) is 4. The van der Waals surface area contributed by atoms with E-state index in [2.05, 4.69) is 5.32 Å². The molecule has 3 unspecified atom stereocenters. The number of aromatic hydroxyl groups is 1. The number of hydrogen-bond acceptors (Lipinski definition) is 9. The van der Waals surface area contributed by atoms with Gasteiger partial charge in [0.2, 0.25) is 5.43 Å². The molecule has 1 aliphatic heterocycles. The molecule has 2 fully saturated rings. The van der Waals surface area contributed by atoms with Crippen LogP contribution in [0.4, 0.5) is 8.78 Å². The number of carbonyl (C=O) groups is 2. The lowest BCUT2D eigenvalue weighted by molar-refractivity contribution is -0.171. The van der Waals surface area contributed by atoms with Gasteiger partial charge in [0.05, 0.1) is 17.7 Å². The summed E-state index contributed by atoms with van der Waals surface area (Å²) in [5.41, 5.74) is -3.74. The van der Waals surface area contributed by atoms with Gasteiger partial charge in [-0.2, -0.15) is 0 Å². The number of halogens is 2. The second kappa shape index (κ2) is 8.93. The molecule has 2 aliphatic carbocycles. The van der Waals surface area contributed by atoms with Gasteiger partial charge in [0.1, 0.15) is 27.8 Å². The lowest BCUT2D eigenvalue weighted by Gasteiger charge is -2.58. The zero-order chi connectivity index (χ0) is 27.6. The number of amides is 1. The number of pyridine rings is 1. The Morgan fingerprint density at radius 2 is 1.97 bits per heavy atom. The summed E-state index contributed by atoms with van der Waals surface area (Å²) >= 11 is 0.568. The molecule has 3 aliphatic rings. The monoisotopic (exact) mass is 545 g/mol. The third-order valence-electron chi connectivity index (χ3n) is 8.14. The third-order valence-corrected chi connectivity index (χ3v) is 8.95. The quantitative estimate of drug-likeness (QED) is 0.262. The van der Waals surface area contributed by atoms with Crippen molar-refractivity contribution in [1.82, 2.24) is 9.99 Å². The Balaban J connectivity index is 1.49. The van der Waals surface area contributed by atoms with Gasteiger partial charge in [-0.25, -0.2) is 8.78 Å². The van der Waals surface area contributed by atoms with E-state index < -0.39 is 50.8 Å². The molecule has 0 radical (unpaired) electrons. The summed E-state index contributed by atoms with van der Waals surface area (Å²) in [5.74, 6) is -3.66. The molecule has 5 rings (SSSR count). The second-order valence-electron chi connectivity index (χ2n) is 9.76. The second-order valence-corrected chi connectivity index (χ2v) is 10.9. The molecule has 2 saturated carbocycles. The van der Waals surface area contributed by atoms with Gasteiger partial charge in [0.25, 0.3) is 5.91 Å². The molecule has 38 heavy (non-hydrogen) atoms. The Morgan fingerprint density at radius 1 is 1.26 bits per heavy atom. The van der Waals surface area contributed by atoms with Crippen LogP contribution < -0.4 is 15.8 Å². The molecule has 3 atom stereocenters. The number of esters is 1. The molecule has 1 amide bonds. The van der Waals surface area contributed by atoms with E-state index >= 15 is 0 Å². The van der Waals surface area contributed by atoms with E-state index in [-0.39, 0.29) is 34.2 Å². The number of fused-ring (bicyclic) bond motifs is 3. The van der Waals surface area contributed by atoms with Crippen molar-refractivity contribution in [2.75, 3.05) is 19.2 Å². The van der Waals surface area contributed by atoms with Crippen molar-refractivity contribution < 1.29 is 28.2 Å². The average Bonchev–Trinajstić information content (AvgIpc) is 3.06. The summed E-state index contributed by atoms with van der Waals surface area (Å²) in [7, 11) is 2.92. The Bertz CT molecular complexity index is 1480. The molecule has 10 nitrogen and oxygen atoms in total. The summed E-state index contributed by atoms with van der Waals surface area (Å²) in [5, 5.41) is 31.2. The fraction of sp³-hybridized carbons (Fsp3) is 0.400. The van der Waals surface area contributed by atoms with Crippen LogP contribution in [0.2, 0.25) is 0 Å². The van der Waals surface area contributed by atoms with Gasteiger partial charge in [-0.05, 0) is 43.2 Å². The highest BCUT2D eigenvalue weighted by molar-refractivity contribution is 8.26. The molecular formula is C25H25F2N5O5S. The van der Waals surface area contributed by atoms with Crippen molar-refractivity contribution >= 4 is 33.7 Å². The molecule has 1 aromatic carbocycles. The van der Waals surface area contributed by atoms with Crippen LogP contribution in [0.1, 0.15) is 47.3 Å². The van der Waals surface area contributed by atoms with Gasteiger partial charge in [0.15, 0.2) is 11.4 Å². The molecule has 2 heterocycles. The van der Waals surface area contributed by atoms with Gasteiger partial charge in [-0.15, -0.1) is 0 Å². The first kappa shape index (κ1) is 25.9. The van der Waals surface area contributed by atoms with E-state index in [9.17, 15) is 28.3 Å². The number of rotatable bonds is 4. The van der Waals surface area contributed by atoms with Gasteiger partial charge in [-0.1, -0.05) is 17.8 Å². The SMILES string of the molecule is COC(=O)C12CCC1CCC21NC(=O)c2c(O)c(=O)c(C(=N)SC(=N)Cc3ccc(F)cc3F)cn2N1C. The van der Waals surface area contributed by atoms with Crippen molar-refractivity contribution in [2.24, 2.45) is 11.3 Å². The maximum Gasteiger partial charge on any atom is 0.316 e. The molecule has 0 bridgehead atoms. The van der Waals surface area contributed by atoms with Crippen LogP contribution >= 0.6 is 11.8 Å². The van der Waals surface area contributed by atoms with E-state index in [4.69, 9.17) is 15.6 Å². The molecule has 1 aromatic heterocycles. The van der Waals surface area contributed by atoms with Crippen molar-refractivity contribution in [2.45, 2.75) is 37.8 Å². The Hall–Kier alpha value is -3.74. The van der Waals surface area contributed by atoms with Crippen LogP contribution in [0, 0.1) is 33.8 Å². The summed E-state index contributed by atoms with van der Waals surface area (Å²) < 4.78 is 33.6. The third kappa shape index (κ3) is 3.47. The first-order valence-electron chi connectivity index (χ1n) is 11.9. The van der Waals surface area contributed by atoms with E-state index in [0.29, 0.717) is 37.1 Å². The standard InChI is InChI=1S/C25H25F2N5O5S/c1-31-25(8-6-13-5-7-24(13,25)23(36)37-2)30-22(35)18-20(34)19(33)15(11-32(18)31)21(29)38-17(28)9-12-3-4-14(26)10-16(12)27/h3-4,10-11,13,28-29,34H,5-9H2,1-2H3,(H,30,35). The van der Waals surface area contributed by atoms with Gasteiger partial charge < -0.3 is 15.2 Å². The van der Waals surface area contributed by atoms with E-state index in [1.165, 1.54) is 24.0 Å². The van der Waals surface area contributed by atoms with E-state index in [1.54, 1.807) is 12.1 Å². The van der Waals surface area contributed by atoms with Crippen molar-refractivity contribution in [3.05, 3.63) is 63.1 Å². The largest absolute Gasteiger partial charge is 0.502 e. The topological polar surface area (TPSA) is 149 Å². The van der Waals surface area contributed by atoms with Crippen molar-refractivity contribution in [3.8, 4) is 5.75 Å². The normalized spacial score (nSPS) is 25.3. The number of benzene rings is 1. The van der Waals surface area contributed by atoms with Crippen LogP contribution in [0.25, 0.3) is 0 Å². The van der Waals surface area contributed by atoms with Crippen LogP contribution in [-0.4, -0.2) is 51.6 Å². The molecule has 0 saturated heterocycles. The molecule has 1 spiro atoms. The van der Waals surface area contributed by atoms with Gasteiger partial charge in [-0.3, -0.25) is 34.9 Å². The smallest absolute Gasteiger partial charge is 0.316 e.